The molecule has 0 saturated carbocycles. The average Bonchev–Trinajstić information content (AvgIpc) is 0.811. The summed E-state index contributed by atoms with van der Waals surface area (Å²) in [7, 11) is -2.17. The minimum absolute atomic E-state index is 0. The maximum absolute atomic E-state index is 7.17. The molecule has 0 atom stereocenters. The topological polar surface area (TPSA) is 121 Å². The van der Waals surface area contributed by atoms with Gasteiger partial charge >= 0.3 is 30.4 Å². The molecule has 0 amide bonds. The summed E-state index contributed by atoms with van der Waals surface area (Å²) < 4.78 is 0. The van der Waals surface area contributed by atoms with Crippen molar-refractivity contribution in [3.05, 3.63) is 0 Å². The van der Waals surface area contributed by atoms with Crippen molar-refractivity contribution in [2.45, 2.75) is 0 Å². The molecule has 0 fully saturated rings. The fourth-order valence-electron chi connectivity index (χ4n) is 0. The minimum Gasteiger partial charge on any atom is -0.870 e. The molecule has 5 N–H and O–H groups in total. The quantitative estimate of drug-likeness (QED) is 0.298. The molecule has 0 aliphatic rings. The molecule has 0 bridgehead atoms. The van der Waals surface area contributed by atoms with Gasteiger partial charge in [-0.15, -0.1) is 0 Å². The molecule has 5 nitrogen and oxygen atoms in total. The Morgan fingerprint density at radius 2 is 0.857 bits per heavy atom. The van der Waals surface area contributed by atoms with Crippen LogP contribution in [0.3, 0.4) is 0 Å². The van der Waals surface area contributed by atoms with Crippen LogP contribution < -0.4 is 0 Å². The van der Waals surface area contributed by atoms with Crippen molar-refractivity contribution in [2.24, 2.45) is 0 Å². The maximum atomic E-state index is 7.17. The van der Waals surface area contributed by atoms with E-state index in [2.05, 4.69) is 0 Å². The van der Waals surface area contributed by atoms with E-state index >= 15 is 0 Å². The van der Waals surface area contributed by atoms with Crippen LogP contribution in [0.5, 0.6) is 0 Å². The number of hydrogen-bond donors (Lipinski definition) is 3. The Morgan fingerprint density at radius 1 is 0.857 bits per heavy atom. The molecular formula is H5BMgO5. The Morgan fingerprint density at radius 3 is 0.857 bits per heavy atom. The van der Waals surface area contributed by atoms with E-state index in [9.17, 15) is 0 Å². The zero-order chi connectivity index (χ0) is 3.58. The largest absolute Gasteiger partial charge is 2.00 e. The molecule has 0 aromatic carbocycles. The van der Waals surface area contributed by atoms with Gasteiger partial charge in [0.25, 0.3) is 0 Å². The molecule has 7 heteroatoms. The Bertz CT molecular complexity index is 12.8. The monoisotopic (exact) mass is 120 g/mol. The first-order valence-corrected chi connectivity index (χ1v) is 0.775. The number of hydrogen-bond acceptors (Lipinski definition) is 5. The standard InChI is InChI=1S/BH3O3.Mg.2H2O/c2-1(3)4;;;/h2-4H;;2*1H2/q;+2;;/p-2. The fourth-order valence-corrected chi connectivity index (χ4v) is 0. The average molecular weight is 120 g/mol. The predicted octanol–water partition coefficient (Wildman–Crippen LogP) is -2.79. The smallest absolute Gasteiger partial charge is 0.870 e. The van der Waals surface area contributed by atoms with Crippen LogP contribution in [-0.4, -0.2) is 56.4 Å². The third-order valence-electron chi connectivity index (χ3n) is 0. The second-order valence-corrected chi connectivity index (χ2v) is 0.346. The second-order valence-electron chi connectivity index (χ2n) is 0.346. The van der Waals surface area contributed by atoms with Gasteiger partial charge in [0, 0.05) is 0 Å². The third-order valence-corrected chi connectivity index (χ3v) is 0. The van der Waals surface area contributed by atoms with Crippen molar-refractivity contribution in [1.82, 2.24) is 0 Å². The van der Waals surface area contributed by atoms with Gasteiger partial charge in [-0.25, -0.2) is 0 Å². The normalized spacial score (nSPS) is 3.86. The van der Waals surface area contributed by atoms with E-state index in [0.29, 0.717) is 0 Å². The first-order valence-electron chi connectivity index (χ1n) is 0.775. The molecular weight excluding hydrogens is 115 g/mol. The Balaban J connectivity index is -0.0000000150. The summed E-state index contributed by atoms with van der Waals surface area (Å²) in [5, 5.41) is 21.5. The van der Waals surface area contributed by atoms with Gasteiger partial charge in [-0.2, -0.15) is 0 Å². The maximum Gasteiger partial charge on any atom is 2.00 e. The molecule has 40 valence electrons. The molecule has 7 heavy (non-hydrogen) atoms. The molecule has 0 heterocycles. The minimum atomic E-state index is -2.17. The van der Waals surface area contributed by atoms with Gasteiger partial charge in [-0.3, -0.25) is 0 Å². The van der Waals surface area contributed by atoms with Gasteiger partial charge in [-0.05, 0) is 0 Å². The van der Waals surface area contributed by atoms with E-state index in [1.807, 2.05) is 0 Å². The Hall–Kier alpha value is 0.631. The molecule has 0 saturated heterocycles. The van der Waals surface area contributed by atoms with Crippen LogP contribution in [0.25, 0.3) is 0 Å². The van der Waals surface area contributed by atoms with Gasteiger partial charge < -0.3 is 26.0 Å². The van der Waals surface area contributed by atoms with Crippen LogP contribution in [0.2, 0.25) is 0 Å². The zero-order valence-electron chi connectivity index (χ0n) is 3.52. The summed E-state index contributed by atoms with van der Waals surface area (Å²) in [5.74, 6) is 0. The molecule has 0 unspecified atom stereocenters. The van der Waals surface area contributed by atoms with Gasteiger partial charge in [0.05, 0.1) is 0 Å². The molecule has 0 aliphatic heterocycles. The summed E-state index contributed by atoms with van der Waals surface area (Å²) in [6.45, 7) is 0. The van der Waals surface area contributed by atoms with E-state index in [1.54, 1.807) is 0 Å². The van der Waals surface area contributed by atoms with Crippen molar-refractivity contribution < 1.29 is 26.0 Å². The summed E-state index contributed by atoms with van der Waals surface area (Å²) in [6, 6.07) is 0. The molecule has 0 aromatic rings. The molecule has 0 aliphatic carbocycles. The molecule has 0 aromatic heterocycles. The van der Waals surface area contributed by atoms with Crippen molar-refractivity contribution in [3.8, 4) is 0 Å². The SMILES string of the molecule is OB(O)O.[Mg+2].[OH-].[OH-]. The van der Waals surface area contributed by atoms with E-state index < -0.39 is 7.32 Å². The van der Waals surface area contributed by atoms with Crippen LogP contribution in [-0.2, 0) is 0 Å². The van der Waals surface area contributed by atoms with Crippen LogP contribution in [0.15, 0.2) is 0 Å². The molecule has 0 radical (unpaired) electrons. The van der Waals surface area contributed by atoms with Crippen LogP contribution >= 0.6 is 0 Å². The van der Waals surface area contributed by atoms with Gasteiger partial charge in [-0.1, -0.05) is 0 Å². The van der Waals surface area contributed by atoms with E-state index in [4.69, 9.17) is 15.1 Å². The third kappa shape index (κ3) is 357. The van der Waals surface area contributed by atoms with E-state index in [0.717, 1.165) is 0 Å². The Labute approximate surface area is 56.9 Å². The summed E-state index contributed by atoms with van der Waals surface area (Å²) in [4.78, 5) is 0. The van der Waals surface area contributed by atoms with Crippen molar-refractivity contribution >= 4 is 30.4 Å². The number of rotatable bonds is 0. The molecule has 0 spiro atoms. The van der Waals surface area contributed by atoms with Crippen LogP contribution in [0, 0.1) is 0 Å². The van der Waals surface area contributed by atoms with Crippen molar-refractivity contribution in [3.63, 3.8) is 0 Å². The van der Waals surface area contributed by atoms with Gasteiger partial charge in [0.1, 0.15) is 0 Å². The van der Waals surface area contributed by atoms with Crippen LogP contribution in [0.1, 0.15) is 0 Å². The summed E-state index contributed by atoms with van der Waals surface area (Å²) >= 11 is 0. The molecule has 0 rings (SSSR count). The van der Waals surface area contributed by atoms with E-state index in [-0.39, 0.29) is 34.0 Å². The Kier molecular flexibility index (Phi) is 58.0. The summed E-state index contributed by atoms with van der Waals surface area (Å²) in [6.07, 6.45) is 0. The summed E-state index contributed by atoms with van der Waals surface area (Å²) in [5.41, 5.74) is 0. The van der Waals surface area contributed by atoms with Crippen LogP contribution in [0.4, 0.5) is 0 Å². The van der Waals surface area contributed by atoms with Crippen molar-refractivity contribution in [2.75, 3.05) is 0 Å². The first-order chi connectivity index (χ1) is 1.73. The second kappa shape index (κ2) is 15.9. The first kappa shape index (κ1) is 25.4. The fraction of sp³-hybridized carbons (Fsp3) is 0. The zero-order valence-corrected chi connectivity index (χ0v) is 4.93. The van der Waals surface area contributed by atoms with Crippen molar-refractivity contribution in [1.29, 1.82) is 0 Å². The van der Waals surface area contributed by atoms with Gasteiger partial charge in [0.2, 0.25) is 0 Å². The predicted molar refractivity (Wildman–Crippen MR) is 22.0 cm³/mol. The van der Waals surface area contributed by atoms with E-state index in [1.165, 1.54) is 0 Å². The van der Waals surface area contributed by atoms with Gasteiger partial charge in [0.15, 0.2) is 0 Å².